The molecule has 2 aromatic rings. The van der Waals surface area contributed by atoms with Crippen LogP contribution in [0.2, 0.25) is 0 Å². The number of fused-ring (bicyclic) bond motifs is 2. The summed E-state index contributed by atoms with van der Waals surface area (Å²) in [7, 11) is -3.44. The number of carboxylic acid groups (broad SMARTS) is 1. The number of sulfone groups is 1. The lowest BCUT2D eigenvalue weighted by atomic mass is 9.99. The van der Waals surface area contributed by atoms with Crippen molar-refractivity contribution in [2.75, 3.05) is 5.75 Å². The van der Waals surface area contributed by atoms with E-state index in [1.807, 2.05) is 0 Å². The van der Waals surface area contributed by atoms with Gasteiger partial charge in [-0.15, -0.1) is 0 Å². The predicted octanol–water partition coefficient (Wildman–Crippen LogP) is 1.68. The van der Waals surface area contributed by atoms with Gasteiger partial charge >= 0.3 is 5.97 Å². The minimum absolute atomic E-state index is 0.00763. The Bertz CT molecular complexity index is 893. The van der Waals surface area contributed by atoms with Crippen molar-refractivity contribution in [1.29, 1.82) is 0 Å². The molecule has 0 atom stereocenters. The molecule has 1 aromatic carbocycles. The summed E-state index contributed by atoms with van der Waals surface area (Å²) in [4.78, 5) is 15.5. The Balaban J connectivity index is 2.46. The van der Waals surface area contributed by atoms with Crippen LogP contribution in [0.3, 0.4) is 0 Å². The number of aryl methyl sites for hydroxylation is 1. The summed E-state index contributed by atoms with van der Waals surface area (Å²) < 4.78 is 50.6. The molecule has 0 saturated heterocycles. The van der Waals surface area contributed by atoms with Crippen LogP contribution in [0, 0.1) is 11.6 Å². The molecule has 8 heteroatoms. The van der Waals surface area contributed by atoms with E-state index in [-0.39, 0.29) is 34.3 Å². The van der Waals surface area contributed by atoms with Crippen LogP contribution in [0.4, 0.5) is 8.78 Å². The van der Waals surface area contributed by atoms with Gasteiger partial charge in [0.1, 0.15) is 11.6 Å². The maximum Gasteiger partial charge on any atom is 0.336 e. The third-order valence-electron chi connectivity index (χ3n) is 3.42. The number of benzene rings is 1. The smallest absolute Gasteiger partial charge is 0.336 e. The van der Waals surface area contributed by atoms with Crippen LogP contribution in [0.25, 0.3) is 10.9 Å². The van der Waals surface area contributed by atoms with Crippen LogP contribution in [0.5, 0.6) is 0 Å². The minimum Gasteiger partial charge on any atom is -0.478 e. The van der Waals surface area contributed by atoms with Gasteiger partial charge in [0.05, 0.1) is 28.0 Å². The molecule has 0 fully saturated rings. The van der Waals surface area contributed by atoms with Crippen LogP contribution >= 0.6 is 0 Å². The maximum absolute atomic E-state index is 13.9. The Morgan fingerprint density at radius 1 is 1.29 bits per heavy atom. The van der Waals surface area contributed by atoms with Crippen molar-refractivity contribution in [3.8, 4) is 0 Å². The Hall–Kier alpha value is -2.09. The van der Waals surface area contributed by atoms with Gasteiger partial charge in [0.25, 0.3) is 0 Å². The summed E-state index contributed by atoms with van der Waals surface area (Å²) in [5, 5.41) is 8.96. The van der Waals surface area contributed by atoms with E-state index in [1.165, 1.54) is 0 Å². The zero-order chi connectivity index (χ0) is 15.4. The number of hydrogen-bond donors (Lipinski definition) is 1. The van der Waals surface area contributed by atoms with Crippen molar-refractivity contribution in [1.82, 2.24) is 4.98 Å². The van der Waals surface area contributed by atoms with Crippen LogP contribution in [0.1, 0.15) is 21.6 Å². The van der Waals surface area contributed by atoms with Gasteiger partial charge in [-0.1, -0.05) is 0 Å². The van der Waals surface area contributed by atoms with Crippen molar-refractivity contribution in [2.45, 2.75) is 12.2 Å². The quantitative estimate of drug-likeness (QED) is 0.866. The summed E-state index contributed by atoms with van der Waals surface area (Å²) in [6.07, 6.45) is 0.0337. The van der Waals surface area contributed by atoms with Crippen molar-refractivity contribution in [2.24, 2.45) is 0 Å². The number of hydrogen-bond acceptors (Lipinski definition) is 4. The predicted molar refractivity (Wildman–Crippen MR) is 69.8 cm³/mol. The average Bonchev–Trinajstić information content (AvgIpc) is 2.35. The second kappa shape index (κ2) is 4.45. The lowest BCUT2D eigenvalue weighted by Gasteiger charge is -2.19. The van der Waals surface area contributed by atoms with Crippen molar-refractivity contribution >= 4 is 26.7 Å². The van der Waals surface area contributed by atoms with E-state index in [2.05, 4.69) is 4.98 Å². The highest BCUT2D eigenvalue weighted by atomic mass is 32.2. The van der Waals surface area contributed by atoms with Gasteiger partial charge in [-0.3, -0.25) is 4.98 Å². The fraction of sp³-hybridized carbons (Fsp3) is 0.231. The molecule has 1 aromatic heterocycles. The molecular formula is C13H9F2NO4S. The maximum atomic E-state index is 13.9. The highest BCUT2D eigenvalue weighted by Crippen LogP contribution is 2.31. The second-order valence-electron chi connectivity index (χ2n) is 4.84. The molecular weight excluding hydrogens is 304 g/mol. The Kier molecular flexibility index (Phi) is 2.94. The molecule has 5 nitrogen and oxygen atoms in total. The third kappa shape index (κ3) is 2.25. The van der Waals surface area contributed by atoms with E-state index in [4.69, 9.17) is 0 Å². The summed E-state index contributed by atoms with van der Waals surface area (Å²) in [6, 6.07) is 1.49. The van der Waals surface area contributed by atoms with E-state index in [1.54, 1.807) is 0 Å². The number of halogens is 2. The minimum atomic E-state index is -3.44. The molecule has 3 rings (SSSR count). The first-order chi connectivity index (χ1) is 9.78. The van der Waals surface area contributed by atoms with E-state index in [0.717, 1.165) is 6.07 Å². The van der Waals surface area contributed by atoms with Crippen LogP contribution in [0.15, 0.2) is 12.1 Å². The normalized spacial score (nSPS) is 16.7. The molecule has 0 saturated carbocycles. The van der Waals surface area contributed by atoms with Gasteiger partial charge in [0.2, 0.25) is 0 Å². The fourth-order valence-corrected chi connectivity index (χ4v) is 3.95. The second-order valence-corrected chi connectivity index (χ2v) is 7.03. The number of nitrogens with zero attached hydrogens (tertiary/aromatic N) is 1. The van der Waals surface area contributed by atoms with E-state index >= 15 is 0 Å². The van der Waals surface area contributed by atoms with Crippen molar-refractivity contribution in [3.05, 3.63) is 40.6 Å². The molecule has 0 radical (unpaired) electrons. The summed E-state index contributed by atoms with van der Waals surface area (Å²) in [5.41, 5.74) is -0.315. The number of aromatic carboxylic acids is 1. The van der Waals surface area contributed by atoms with Crippen LogP contribution < -0.4 is 0 Å². The van der Waals surface area contributed by atoms with Gasteiger partial charge < -0.3 is 5.11 Å². The topological polar surface area (TPSA) is 84.3 Å². The molecule has 110 valence electrons. The first-order valence-corrected chi connectivity index (χ1v) is 7.85. The van der Waals surface area contributed by atoms with E-state index in [0.29, 0.717) is 6.07 Å². The monoisotopic (exact) mass is 313 g/mol. The molecule has 0 unspecified atom stereocenters. The van der Waals surface area contributed by atoms with Gasteiger partial charge in [-0.25, -0.2) is 22.0 Å². The average molecular weight is 313 g/mol. The molecule has 2 heterocycles. The van der Waals surface area contributed by atoms with Crippen molar-refractivity contribution in [3.63, 3.8) is 0 Å². The molecule has 0 spiro atoms. The highest BCUT2D eigenvalue weighted by molar-refractivity contribution is 7.90. The van der Waals surface area contributed by atoms with Crippen LogP contribution in [-0.4, -0.2) is 30.2 Å². The Morgan fingerprint density at radius 2 is 2.00 bits per heavy atom. The summed E-state index contributed by atoms with van der Waals surface area (Å²) in [6.45, 7) is 0. The lowest BCUT2D eigenvalue weighted by Crippen LogP contribution is -2.23. The highest BCUT2D eigenvalue weighted by Gasteiger charge is 2.30. The third-order valence-corrected chi connectivity index (χ3v) is 4.97. The lowest BCUT2D eigenvalue weighted by molar-refractivity contribution is 0.0697. The van der Waals surface area contributed by atoms with Crippen molar-refractivity contribution < 1.29 is 27.1 Å². The SMILES string of the molecule is O=C(O)c1c2c(nc3cc(F)cc(F)c13)CCS(=O)(=O)C2. The summed E-state index contributed by atoms with van der Waals surface area (Å²) in [5.74, 6) is -4.05. The number of carboxylic acids is 1. The molecule has 0 amide bonds. The number of aromatic nitrogens is 1. The fourth-order valence-electron chi connectivity index (χ4n) is 2.55. The first-order valence-electron chi connectivity index (χ1n) is 6.03. The largest absolute Gasteiger partial charge is 0.478 e. The Labute approximate surface area is 118 Å². The molecule has 1 aliphatic heterocycles. The summed E-state index contributed by atoms with van der Waals surface area (Å²) >= 11 is 0. The van der Waals surface area contributed by atoms with Crippen LogP contribution in [-0.2, 0) is 22.0 Å². The Morgan fingerprint density at radius 3 is 2.67 bits per heavy atom. The zero-order valence-electron chi connectivity index (χ0n) is 10.6. The number of carbonyl (C=O) groups is 1. The zero-order valence-corrected chi connectivity index (χ0v) is 11.4. The van der Waals surface area contributed by atoms with E-state index in [9.17, 15) is 27.1 Å². The molecule has 1 N–H and O–H groups in total. The molecule has 1 aliphatic rings. The standard InChI is InChI=1S/C13H9F2NO4S/c14-6-3-8(15)12-10(4-6)16-9-1-2-21(19,20)5-7(9)11(12)13(17)18/h3-4H,1-2,5H2,(H,17,18). The molecule has 0 bridgehead atoms. The number of pyridine rings is 1. The first kappa shape index (κ1) is 13.9. The molecule has 0 aliphatic carbocycles. The number of rotatable bonds is 1. The van der Waals surface area contributed by atoms with Gasteiger partial charge in [0.15, 0.2) is 9.84 Å². The van der Waals surface area contributed by atoms with Gasteiger partial charge in [0, 0.05) is 29.8 Å². The molecule has 21 heavy (non-hydrogen) atoms. The van der Waals surface area contributed by atoms with Gasteiger partial charge in [-0.05, 0) is 0 Å². The van der Waals surface area contributed by atoms with E-state index < -0.39 is 38.8 Å². The van der Waals surface area contributed by atoms with Gasteiger partial charge in [-0.2, -0.15) is 0 Å².